The van der Waals surface area contributed by atoms with E-state index in [2.05, 4.69) is 99.6 Å². The molecule has 0 atom stereocenters. The van der Waals surface area contributed by atoms with Crippen LogP contribution in [0, 0.1) is 0 Å². The Morgan fingerprint density at radius 3 is 1.92 bits per heavy atom. The lowest BCUT2D eigenvalue weighted by Gasteiger charge is -2.54. The Morgan fingerprint density at radius 2 is 1.36 bits per heavy atom. The fourth-order valence-electron chi connectivity index (χ4n) is 4.26. The van der Waals surface area contributed by atoms with Gasteiger partial charge in [0.1, 0.15) is 0 Å². The quantitative estimate of drug-likeness (QED) is 0.810. The van der Waals surface area contributed by atoms with Crippen LogP contribution in [0.3, 0.4) is 0 Å². The van der Waals surface area contributed by atoms with Crippen LogP contribution in [0.15, 0.2) is 54.6 Å². The highest BCUT2D eigenvalue weighted by Gasteiger charge is 2.42. The van der Waals surface area contributed by atoms with Crippen molar-refractivity contribution in [3.63, 3.8) is 0 Å². The highest BCUT2D eigenvalue weighted by molar-refractivity contribution is 5.46. The Morgan fingerprint density at radius 1 is 0.840 bits per heavy atom. The Hall–Kier alpha value is -1.80. The van der Waals surface area contributed by atoms with Crippen LogP contribution in [-0.2, 0) is 6.42 Å². The first kappa shape index (κ1) is 18.0. The molecule has 1 N–H and O–H groups in total. The van der Waals surface area contributed by atoms with Crippen LogP contribution in [0.5, 0.6) is 0 Å². The molecule has 1 heterocycles. The van der Waals surface area contributed by atoms with Crippen molar-refractivity contribution < 1.29 is 0 Å². The minimum atomic E-state index is 0.215. The third-order valence-electron chi connectivity index (χ3n) is 5.88. The van der Waals surface area contributed by atoms with Crippen molar-refractivity contribution in [1.29, 1.82) is 0 Å². The Labute approximate surface area is 153 Å². The van der Waals surface area contributed by atoms with Crippen LogP contribution in [0.2, 0.25) is 0 Å². The third kappa shape index (κ3) is 4.24. The Kier molecular flexibility index (Phi) is 4.92. The molecule has 25 heavy (non-hydrogen) atoms. The molecule has 0 spiro atoms. The van der Waals surface area contributed by atoms with Crippen molar-refractivity contribution in [2.45, 2.75) is 64.1 Å². The largest absolute Gasteiger partial charge is 0.382 e. The molecule has 1 saturated heterocycles. The number of benzene rings is 2. The molecule has 1 aliphatic heterocycles. The number of nitrogens with zero attached hydrogens (tertiary/aromatic N) is 1. The first-order valence-electron chi connectivity index (χ1n) is 9.40. The van der Waals surface area contributed by atoms with E-state index in [0.717, 1.165) is 6.42 Å². The standard InChI is InChI=1S/C23H32N2/c1-22(2)16-21(17-23(3,4)25(22)5)24-20-13-11-19(12-14-20)15-18-9-7-6-8-10-18/h6-14,21,24H,15-17H2,1-5H3. The molecule has 2 nitrogen and oxygen atoms in total. The van der Waals surface area contributed by atoms with Crippen LogP contribution in [0.1, 0.15) is 51.7 Å². The maximum Gasteiger partial charge on any atom is 0.0342 e. The van der Waals surface area contributed by atoms with Gasteiger partial charge in [0.15, 0.2) is 0 Å². The fraction of sp³-hybridized carbons (Fsp3) is 0.478. The number of nitrogens with one attached hydrogen (secondary N) is 1. The van der Waals surface area contributed by atoms with Crippen LogP contribution in [0.4, 0.5) is 5.69 Å². The molecule has 0 amide bonds. The van der Waals surface area contributed by atoms with E-state index in [1.54, 1.807) is 0 Å². The zero-order valence-electron chi connectivity index (χ0n) is 16.3. The van der Waals surface area contributed by atoms with E-state index < -0.39 is 0 Å². The van der Waals surface area contributed by atoms with E-state index in [-0.39, 0.29) is 11.1 Å². The van der Waals surface area contributed by atoms with E-state index in [1.165, 1.54) is 29.7 Å². The topological polar surface area (TPSA) is 15.3 Å². The highest BCUT2D eigenvalue weighted by Crippen LogP contribution is 2.37. The van der Waals surface area contributed by atoms with Crippen molar-refractivity contribution >= 4 is 5.69 Å². The van der Waals surface area contributed by atoms with Gasteiger partial charge in [-0.25, -0.2) is 0 Å². The minimum absolute atomic E-state index is 0.215. The molecule has 0 bridgehead atoms. The average Bonchev–Trinajstić information content (AvgIpc) is 2.55. The smallest absolute Gasteiger partial charge is 0.0342 e. The molecular weight excluding hydrogens is 304 g/mol. The van der Waals surface area contributed by atoms with Gasteiger partial charge in [-0.3, -0.25) is 4.90 Å². The summed E-state index contributed by atoms with van der Waals surface area (Å²) in [5.74, 6) is 0. The molecular formula is C23H32N2. The summed E-state index contributed by atoms with van der Waals surface area (Å²) in [6.45, 7) is 9.41. The van der Waals surface area contributed by atoms with Gasteiger partial charge in [0.2, 0.25) is 0 Å². The maximum absolute atomic E-state index is 3.78. The monoisotopic (exact) mass is 336 g/mol. The summed E-state index contributed by atoms with van der Waals surface area (Å²) < 4.78 is 0. The first-order valence-corrected chi connectivity index (χ1v) is 9.40. The summed E-state index contributed by atoms with van der Waals surface area (Å²) in [4.78, 5) is 2.53. The Balaban J connectivity index is 1.65. The maximum atomic E-state index is 3.78. The van der Waals surface area contributed by atoms with Gasteiger partial charge in [-0.1, -0.05) is 42.5 Å². The number of hydrogen-bond donors (Lipinski definition) is 1. The molecule has 0 radical (unpaired) electrons. The number of anilines is 1. The SMILES string of the molecule is CN1C(C)(C)CC(Nc2ccc(Cc3ccccc3)cc2)CC1(C)C. The summed E-state index contributed by atoms with van der Waals surface area (Å²) in [7, 11) is 2.26. The average molecular weight is 337 g/mol. The number of likely N-dealkylation sites (tertiary alicyclic amines) is 1. The zero-order chi connectivity index (χ0) is 18.1. The van der Waals surface area contributed by atoms with Crippen LogP contribution in [-0.4, -0.2) is 29.1 Å². The highest BCUT2D eigenvalue weighted by atomic mass is 15.2. The second-order valence-corrected chi connectivity index (χ2v) is 8.79. The lowest BCUT2D eigenvalue weighted by molar-refractivity contribution is -0.00767. The predicted molar refractivity (Wildman–Crippen MR) is 108 cm³/mol. The second kappa shape index (κ2) is 6.84. The summed E-state index contributed by atoms with van der Waals surface area (Å²) in [5.41, 5.74) is 4.39. The molecule has 0 saturated carbocycles. The van der Waals surface area contributed by atoms with Crippen molar-refractivity contribution in [3.05, 3.63) is 65.7 Å². The normalized spacial score (nSPS) is 20.4. The van der Waals surface area contributed by atoms with Crippen molar-refractivity contribution in [1.82, 2.24) is 4.90 Å². The van der Waals surface area contributed by atoms with Crippen LogP contribution < -0.4 is 5.32 Å². The van der Waals surface area contributed by atoms with Gasteiger partial charge < -0.3 is 5.32 Å². The van der Waals surface area contributed by atoms with Crippen LogP contribution >= 0.6 is 0 Å². The third-order valence-corrected chi connectivity index (χ3v) is 5.88. The van der Waals surface area contributed by atoms with E-state index in [9.17, 15) is 0 Å². The first-order chi connectivity index (χ1) is 11.8. The summed E-state index contributed by atoms with van der Waals surface area (Å²) in [5, 5.41) is 3.78. The molecule has 1 aliphatic rings. The van der Waals surface area contributed by atoms with E-state index in [0.29, 0.717) is 6.04 Å². The molecule has 134 valence electrons. The van der Waals surface area contributed by atoms with Crippen molar-refractivity contribution in [2.75, 3.05) is 12.4 Å². The number of piperidine rings is 1. The van der Waals surface area contributed by atoms with Gasteiger partial charge in [-0.05, 0) is 77.3 Å². The summed E-state index contributed by atoms with van der Waals surface area (Å²) in [6.07, 6.45) is 3.33. The molecule has 0 aromatic heterocycles. The molecule has 0 unspecified atom stereocenters. The lowest BCUT2D eigenvalue weighted by Crippen LogP contribution is -2.61. The van der Waals surface area contributed by atoms with Gasteiger partial charge in [-0.2, -0.15) is 0 Å². The minimum Gasteiger partial charge on any atom is -0.382 e. The predicted octanol–water partition coefficient (Wildman–Crippen LogP) is 5.34. The molecule has 3 rings (SSSR count). The molecule has 2 aromatic rings. The van der Waals surface area contributed by atoms with Gasteiger partial charge in [0.05, 0.1) is 0 Å². The second-order valence-electron chi connectivity index (χ2n) is 8.79. The molecule has 1 fully saturated rings. The van der Waals surface area contributed by atoms with Gasteiger partial charge in [0, 0.05) is 22.8 Å². The van der Waals surface area contributed by atoms with Gasteiger partial charge in [-0.15, -0.1) is 0 Å². The molecule has 2 heteroatoms. The zero-order valence-corrected chi connectivity index (χ0v) is 16.3. The Bertz CT molecular complexity index is 668. The van der Waals surface area contributed by atoms with E-state index in [4.69, 9.17) is 0 Å². The molecule has 0 aliphatic carbocycles. The van der Waals surface area contributed by atoms with E-state index in [1.807, 2.05) is 0 Å². The van der Waals surface area contributed by atoms with Crippen LogP contribution in [0.25, 0.3) is 0 Å². The molecule has 2 aromatic carbocycles. The van der Waals surface area contributed by atoms with E-state index >= 15 is 0 Å². The summed E-state index contributed by atoms with van der Waals surface area (Å²) in [6, 6.07) is 20.1. The fourth-order valence-corrected chi connectivity index (χ4v) is 4.26. The number of rotatable bonds is 4. The van der Waals surface area contributed by atoms with Gasteiger partial charge >= 0.3 is 0 Å². The number of hydrogen-bond acceptors (Lipinski definition) is 2. The van der Waals surface area contributed by atoms with Gasteiger partial charge in [0.25, 0.3) is 0 Å². The lowest BCUT2D eigenvalue weighted by atomic mass is 9.77. The van der Waals surface area contributed by atoms with Crippen molar-refractivity contribution in [2.24, 2.45) is 0 Å². The van der Waals surface area contributed by atoms with Crippen molar-refractivity contribution in [3.8, 4) is 0 Å². The summed E-state index contributed by atoms with van der Waals surface area (Å²) >= 11 is 0.